The Labute approximate surface area is 122 Å². The summed E-state index contributed by atoms with van der Waals surface area (Å²) in [7, 11) is 1.68. The first-order valence-corrected chi connectivity index (χ1v) is 7.29. The second-order valence-corrected chi connectivity index (χ2v) is 6.55. The largest absolute Gasteiger partial charge is 0.497 e. The maximum absolute atomic E-state index is 5.91. The fourth-order valence-electron chi connectivity index (χ4n) is 2.73. The van der Waals surface area contributed by atoms with Gasteiger partial charge in [0, 0.05) is 50.0 Å². The Balaban J connectivity index is 1.94. The molecule has 0 bridgehead atoms. The van der Waals surface area contributed by atoms with Crippen molar-refractivity contribution in [3.05, 3.63) is 23.8 Å². The van der Waals surface area contributed by atoms with Crippen LogP contribution in [0.15, 0.2) is 18.2 Å². The van der Waals surface area contributed by atoms with Gasteiger partial charge in [0.2, 0.25) is 0 Å². The Morgan fingerprint density at radius 3 is 2.30 bits per heavy atom. The summed E-state index contributed by atoms with van der Waals surface area (Å²) in [6, 6.07) is 5.98. The highest BCUT2D eigenvalue weighted by Gasteiger charge is 2.25. The average molecular weight is 277 g/mol. The van der Waals surface area contributed by atoms with E-state index in [1.807, 2.05) is 12.1 Å². The van der Waals surface area contributed by atoms with E-state index < -0.39 is 0 Å². The molecule has 0 radical (unpaired) electrons. The van der Waals surface area contributed by atoms with Crippen LogP contribution in [-0.2, 0) is 6.54 Å². The SMILES string of the molecule is COc1cc(N)cc(CN2CCN(C(C)(C)C)CC2)c1. The van der Waals surface area contributed by atoms with Gasteiger partial charge in [0.05, 0.1) is 7.11 Å². The summed E-state index contributed by atoms with van der Waals surface area (Å²) < 4.78 is 5.28. The van der Waals surface area contributed by atoms with E-state index >= 15 is 0 Å². The molecular formula is C16H27N3O. The van der Waals surface area contributed by atoms with Gasteiger partial charge in [-0.3, -0.25) is 9.80 Å². The van der Waals surface area contributed by atoms with Crippen LogP contribution in [0.3, 0.4) is 0 Å². The molecule has 20 heavy (non-hydrogen) atoms. The molecule has 1 heterocycles. The zero-order valence-electron chi connectivity index (χ0n) is 13.1. The fourth-order valence-corrected chi connectivity index (χ4v) is 2.73. The third-order valence-electron chi connectivity index (χ3n) is 3.95. The van der Waals surface area contributed by atoms with Crippen molar-refractivity contribution in [3.63, 3.8) is 0 Å². The number of methoxy groups -OCH3 is 1. The van der Waals surface area contributed by atoms with Crippen molar-refractivity contribution in [2.75, 3.05) is 39.0 Å². The van der Waals surface area contributed by atoms with Crippen molar-refractivity contribution in [1.82, 2.24) is 9.80 Å². The maximum atomic E-state index is 5.91. The minimum atomic E-state index is 0.270. The van der Waals surface area contributed by atoms with Crippen LogP contribution in [0.5, 0.6) is 5.75 Å². The molecular weight excluding hydrogens is 250 g/mol. The Morgan fingerprint density at radius 1 is 1.10 bits per heavy atom. The van der Waals surface area contributed by atoms with Crippen LogP contribution in [0.1, 0.15) is 26.3 Å². The number of ether oxygens (including phenoxy) is 1. The third-order valence-corrected chi connectivity index (χ3v) is 3.95. The monoisotopic (exact) mass is 277 g/mol. The van der Waals surface area contributed by atoms with E-state index in [-0.39, 0.29) is 5.54 Å². The van der Waals surface area contributed by atoms with Gasteiger partial charge in [-0.1, -0.05) is 0 Å². The topological polar surface area (TPSA) is 41.7 Å². The molecule has 0 amide bonds. The van der Waals surface area contributed by atoms with E-state index in [1.165, 1.54) is 5.56 Å². The van der Waals surface area contributed by atoms with Crippen LogP contribution in [0.2, 0.25) is 0 Å². The predicted molar refractivity (Wildman–Crippen MR) is 84.0 cm³/mol. The number of benzene rings is 1. The number of anilines is 1. The molecule has 1 saturated heterocycles. The highest BCUT2D eigenvalue weighted by molar-refractivity contribution is 5.47. The van der Waals surface area contributed by atoms with Gasteiger partial charge in [-0.15, -0.1) is 0 Å². The van der Waals surface area contributed by atoms with Crippen LogP contribution in [0, 0.1) is 0 Å². The molecule has 0 spiro atoms. The summed E-state index contributed by atoms with van der Waals surface area (Å²) in [6.45, 7) is 12.3. The van der Waals surface area contributed by atoms with Gasteiger partial charge < -0.3 is 10.5 Å². The van der Waals surface area contributed by atoms with Crippen LogP contribution in [0.4, 0.5) is 5.69 Å². The van der Waals surface area contributed by atoms with Gasteiger partial charge in [0.1, 0.15) is 5.75 Å². The summed E-state index contributed by atoms with van der Waals surface area (Å²) >= 11 is 0. The Kier molecular flexibility index (Phi) is 4.55. The molecule has 2 N–H and O–H groups in total. The number of hydrogen-bond donors (Lipinski definition) is 1. The van der Waals surface area contributed by atoms with Gasteiger partial charge in [-0.05, 0) is 38.5 Å². The molecule has 1 fully saturated rings. The van der Waals surface area contributed by atoms with Crippen molar-refractivity contribution in [3.8, 4) is 5.75 Å². The van der Waals surface area contributed by atoms with Crippen molar-refractivity contribution < 1.29 is 4.74 Å². The van der Waals surface area contributed by atoms with E-state index in [0.29, 0.717) is 0 Å². The maximum Gasteiger partial charge on any atom is 0.121 e. The first-order chi connectivity index (χ1) is 9.38. The van der Waals surface area contributed by atoms with Crippen molar-refractivity contribution in [1.29, 1.82) is 0 Å². The molecule has 1 aliphatic heterocycles. The number of piperazine rings is 1. The number of nitrogen functional groups attached to an aromatic ring is 1. The van der Waals surface area contributed by atoms with Crippen molar-refractivity contribution in [2.45, 2.75) is 32.9 Å². The van der Waals surface area contributed by atoms with Crippen LogP contribution >= 0.6 is 0 Å². The minimum absolute atomic E-state index is 0.270. The quantitative estimate of drug-likeness (QED) is 0.860. The molecule has 1 aromatic carbocycles. The smallest absolute Gasteiger partial charge is 0.121 e. The van der Waals surface area contributed by atoms with Crippen LogP contribution in [-0.4, -0.2) is 48.6 Å². The number of hydrogen-bond acceptors (Lipinski definition) is 4. The summed E-state index contributed by atoms with van der Waals surface area (Å²) in [6.07, 6.45) is 0. The van der Waals surface area contributed by atoms with Gasteiger partial charge in [-0.2, -0.15) is 0 Å². The van der Waals surface area contributed by atoms with Crippen molar-refractivity contribution in [2.24, 2.45) is 0 Å². The number of nitrogens with zero attached hydrogens (tertiary/aromatic N) is 2. The molecule has 2 rings (SSSR count). The van der Waals surface area contributed by atoms with Gasteiger partial charge in [0.15, 0.2) is 0 Å². The van der Waals surface area contributed by atoms with Crippen molar-refractivity contribution >= 4 is 5.69 Å². The normalized spacial score (nSPS) is 18.2. The lowest BCUT2D eigenvalue weighted by molar-refractivity contribution is 0.0591. The Bertz CT molecular complexity index is 446. The standard InChI is InChI=1S/C16H27N3O/c1-16(2,3)19-7-5-18(6-8-19)12-13-9-14(17)11-15(10-13)20-4/h9-11H,5-8,12,17H2,1-4H3. The third kappa shape index (κ3) is 3.87. The first-order valence-electron chi connectivity index (χ1n) is 7.29. The second kappa shape index (κ2) is 6.02. The van der Waals surface area contributed by atoms with Gasteiger partial charge in [0.25, 0.3) is 0 Å². The highest BCUT2D eigenvalue weighted by Crippen LogP contribution is 2.21. The molecule has 4 nitrogen and oxygen atoms in total. The van der Waals surface area contributed by atoms with Gasteiger partial charge in [-0.25, -0.2) is 0 Å². The van der Waals surface area contributed by atoms with Gasteiger partial charge >= 0.3 is 0 Å². The molecule has 0 atom stereocenters. The molecule has 0 aromatic heterocycles. The zero-order chi connectivity index (χ0) is 14.8. The lowest BCUT2D eigenvalue weighted by Crippen LogP contribution is -2.53. The van der Waals surface area contributed by atoms with Crippen LogP contribution in [0.25, 0.3) is 0 Å². The molecule has 1 aliphatic rings. The number of nitrogens with two attached hydrogens (primary N) is 1. The Hall–Kier alpha value is -1.26. The Morgan fingerprint density at radius 2 is 1.75 bits per heavy atom. The molecule has 1 aromatic rings. The van der Waals surface area contributed by atoms with E-state index in [4.69, 9.17) is 10.5 Å². The number of rotatable bonds is 3. The molecule has 4 heteroatoms. The predicted octanol–water partition coefficient (Wildman–Crippen LogP) is 2.19. The fraction of sp³-hybridized carbons (Fsp3) is 0.625. The summed E-state index contributed by atoms with van der Waals surface area (Å²) in [5, 5.41) is 0. The lowest BCUT2D eigenvalue weighted by Gasteiger charge is -2.42. The molecule has 112 valence electrons. The summed E-state index contributed by atoms with van der Waals surface area (Å²) in [5.74, 6) is 0.841. The summed E-state index contributed by atoms with van der Waals surface area (Å²) in [5.41, 5.74) is 8.18. The highest BCUT2D eigenvalue weighted by atomic mass is 16.5. The molecule has 0 saturated carbocycles. The van der Waals surface area contributed by atoms with E-state index in [9.17, 15) is 0 Å². The van der Waals surface area contributed by atoms with E-state index in [0.717, 1.165) is 44.2 Å². The zero-order valence-corrected chi connectivity index (χ0v) is 13.1. The second-order valence-electron chi connectivity index (χ2n) is 6.55. The minimum Gasteiger partial charge on any atom is -0.497 e. The lowest BCUT2D eigenvalue weighted by atomic mass is 10.0. The first kappa shape index (κ1) is 15.1. The average Bonchev–Trinajstić information content (AvgIpc) is 2.37. The molecule has 0 aliphatic carbocycles. The van der Waals surface area contributed by atoms with Crippen LogP contribution < -0.4 is 10.5 Å². The summed E-state index contributed by atoms with van der Waals surface area (Å²) in [4.78, 5) is 5.03. The molecule has 0 unspecified atom stereocenters. The van der Waals surface area contributed by atoms with E-state index in [2.05, 4.69) is 36.6 Å². The van der Waals surface area contributed by atoms with E-state index in [1.54, 1.807) is 7.11 Å².